The second-order valence-electron chi connectivity index (χ2n) is 7.16. The van der Waals surface area contributed by atoms with Crippen molar-refractivity contribution in [1.82, 2.24) is 8.96 Å². The Labute approximate surface area is 191 Å². The Morgan fingerprint density at radius 1 is 1.06 bits per heavy atom. The molecule has 0 saturated heterocycles. The van der Waals surface area contributed by atoms with Crippen molar-refractivity contribution in [3.8, 4) is 11.3 Å². The van der Waals surface area contributed by atoms with Gasteiger partial charge in [0.15, 0.2) is 11.1 Å². The Morgan fingerprint density at radius 2 is 1.72 bits per heavy atom. The van der Waals surface area contributed by atoms with Gasteiger partial charge in [0, 0.05) is 22.3 Å². The van der Waals surface area contributed by atoms with E-state index in [4.69, 9.17) is 5.73 Å². The van der Waals surface area contributed by atoms with Gasteiger partial charge < -0.3 is 11.1 Å². The summed E-state index contributed by atoms with van der Waals surface area (Å²) in [6, 6.07) is 20.0. The first-order valence-electron chi connectivity index (χ1n) is 9.93. The van der Waals surface area contributed by atoms with Gasteiger partial charge in [0.2, 0.25) is 0 Å². The minimum Gasteiger partial charge on any atom is -0.370 e. The maximum absolute atomic E-state index is 13.0. The highest BCUT2D eigenvalue weighted by Crippen LogP contribution is 2.33. The van der Waals surface area contributed by atoms with Gasteiger partial charge >= 0.3 is 0 Å². The number of hydrogen-bond acceptors (Lipinski definition) is 5. The summed E-state index contributed by atoms with van der Waals surface area (Å²) < 4.78 is 27.3. The molecule has 0 radical (unpaired) electrons. The van der Waals surface area contributed by atoms with Crippen molar-refractivity contribution >= 4 is 32.5 Å². The van der Waals surface area contributed by atoms with Crippen molar-refractivity contribution in [3.05, 3.63) is 89.1 Å². The van der Waals surface area contributed by atoms with E-state index in [1.807, 2.05) is 37.3 Å². The maximum atomic E-state index is 13.0. The molecule has 0 amide bonds. The van der Waals surface area contributed by atoms with E-state index >= 15 is 0 Å². The average Bonchev–Trinajstić information content (AvgIpc) is 3.35. The second kappa shape index (κ2) is 8.97. The first-order chi connectivity index (χ1) is 15.4. The number of guanidine groups is 1. The molecule has 7 nitrogen and oxygen atoms in total. The van der Waals surface area contributed by atoms with Gasteiger partial charge in [-0.25, -0.2) is 22.4 Å². The minimum atomic E-state index is -3.68. The molecule has 4 aromatic rings. The van der Waals surface area contributed by atoms with Crippen LogP contribution in [0.15, 0.2) is 82.8 Å². The van der Waals surface area contributed by atoms with Crippen molar-refractivity contribution in [1.29, 1.82) is 0 Å². The highest BCUT2D eigenvalue weighted by Gasteiger charge is 2.22. The number of nitrogens with two attached hydrogens (primary N) is 1. The Hall–Kier alpha value is -3.43. The molecule has 0 unspecified atom stereocenters. The summed E-state index contributed by atoms with van der Waals surface area (Å²) in [7, 11) is -3.68. The number of benzene rings is 2. The van der Waals surface area contributed by atoms with E-state index in [9.17, 15) is 8.42 Å². The van der Waals surface area contributed by atoms with Crippen LogP contribution in [0.5, 0.6) is 0 Å². The van der Waals surface area contributed by atoms with Crippen LogP contribution < -0.4 is 11.1 Å². The largest absolute Gasteiger partial charge is 0.370 e. The van der Waals surface area contributed by atoms with Crippen LogP contribution in [0.25, 0.3) is 11.3 Å². The molecular weight excluding hydrogens is 442 g/mol. The fourth-order valence-electron chi connectivity index (χ4n) is 3.32. The highest BCUT2D eigenvalue weighted by atomic mass is 32.2. The van der Waals surface area contributed by atoms with Crippen LogP contribution >= 0.6 is 11.3 Å². The third kappa shape index (κ3) is 4.44. The van der Waals surface area contributed by atoms with Crippen LogP contribution in [0.2, 0.25) is 0 Å². The molecule has 0 spiro atoms. The van der Waals surface area contributed by atoms with Crippen molar-refractivity contribution < 1.29 is 8.42 Å². The van der Waals surface area contributed by atoms with E-state index in [1.54, 1.807) is 49.5 Å². The predicted octanol–water partition coefficient (Wildman–Crippen LogP) is 4.39. The molecule has 0 atom stereocenters. The molecule has 2 aromatic carbocycles. The molecule has 0 fully saturated rings. The third-order valence-electron chi connectivity index (χ3n) is 4.96. The Balaban J connectivity index is 1.57. The monoisotopic (exact) mass is 465 g/mol. The topological polar surface area (TPSA) is 102 Å². The standard InChI is InChI=1S/C23H23N5O2S2/c1-16-20(13-14-28(16)32(29,30)19-11-7-4-8-12-19)21-17(2)31-23(26-21)27-22(24)25-15-18-9-5-3-6-10-18/h3-14H,15H2,1-2H3,(H3,24,25,26,27). The van der Waals surface area contributed by atoms with E-state index < -0.39 is 10.0 Å². The van der Waals surface area contributed by atoms with Gasteiger partial charge in [0.1, 0.15) is 0 Å². The smallest absolute Gasteiger partial charge is 0.267 e. The Morgan fingerprint density at radius 3 is 2.41 bits per heavy atom. The van der Waals surface area contributed by atoms with Gasteiger partial charge in [0.25, 0.3) is 10.0 Å². The lowest BCUT2D eigenvalue weighted by Gasteiger charge is -2.09. The molecule has 0 bridgehead atoms. The summed E-state index contributed by atoms with van der Waals surface area (Å²) in [5.74, 6) is 0.273. The molecule has 0 aliphatic carbocycles. The lowest BCUT2D eigenvalue weighted by molar-refractivity contribution is 0.586. The number of thiazole rings is 1. The van der Waals surface area contributed by atoms with Crippen molar-refractivity contribution in [3.63, 3.8) is 0 Å². The molecule has 3 N–H and O–H groups in total. The number of hydrogen-bond donors (Lipinski definition) is 2. The molecule has 4 rings (SSSR count). The predicted molar refractivity (Wildman–Crippen MR) is 129 cm³/mol. The Bertz CT molecular complexity index is 1360. The Kier molecular flexibility index (Phi) is 6.11. The van der Waals surface area contributed by atoms with Gasteiger partial charge in [-0.15, -0.1) is 11.3 Å². The fourth-order valence-corrected chi connectivity index (χ4v) is 5.56. The highest BCUT2D eigenvalue weighted by molar-refractivity contribution is 7.90. The first kappa shape index (κ1) is 21.8. The van der Waals surface area contributed by atoms with Crippen LogP contribution in [-0.4, -0.2) is 23.3 Å². The van der Waals surface area contributed by atoms with Gasteiger partial charge in [-0.05, 0) is 37.6 Å². The van der Waals surface area contributed by atoms with Crippen LogP contribution in [0.3, 0.4) is 0 Å². The van der Waals surface area contributed by atoms with Gasteiger partial charge in [0.05, 0.1) is 17.1 Å². The zero-order chi connectivity index (χ0) is 22.7. The summed E-state index contributed by atoms with van der Waals surface area (Å²) in [6.45, 7) is 4.19. The van der Waals surface area contributed by atoms with E-state index in [0.717, 1.165) is 16.0 Å². The number of rotatable bonds is 6. The molecule has 2 aromatic heterocycles. The maximum Gasteiger partial charge on any atom is 0.267 e. The molecule has 9 heteroatoms. The number of nitrogens with one attached hydrogen (secondary N) is 1. The molecule has 164 valence electrons. The van der Waals surface area contributed by atoms with Crippen molar-refractivity contribution in [2.75, 3.05) is 5.32 Å². The summed E-state index contributed by atoms with van der Waals surface area (Å²) in [5.41, 5.74) is 9.16. The summed E-state index contributed by atoms with van der Waals surface area (Å²) >= 11 is 1.44. The van der Waals surface area contributed by atoms with Crippen molar-refractivity contribution in [2.24, 2.45) is 10.7 Å². The number of anilines is 1. The lowest BCUT2D eigenvalue weighted by atomic mass is 10.2. The zero-order valence-corrected chi connectivity index (χ0v) is 19.3. The SMILES string of the molecule is Cc1sc(NC(N)=NCc2ccccc2)nc1-c1ccn(S(=O)(=O)c2ccccc2)c1C. The zero-order valence-electron chi connectivity index (χ0n) is 17.7. The van der Waals surface area contributed by atoms with Crippen LogP contribution in [0.1, 0.15) is 16.1 Å². The normalized spacial score (nSPS) is 12.1. The van der Waals surface area contributed by atoms with Crippen LogP contribution in [0, 0.1) is 13.8 Å². The molecule has 32 heavy (non-hydrogen) atoms. The summed E-state index contributed by atoms with van der Waals surface area (Å²) in [5, 5.41) is 3.64. The third-order valence-corrected chi connectivity index (χ3v) is 7.63. The molecule has 0 aliphatic heterocycles. The molecular formula is C23H23N5O2S2. The number of aromatic nitrogens is 2. The van der Waals surface area contributed by atoms with E-state index in [1.165, 1.54) is 15.3 Å². The number of nitrogens with zero attached hydrogens (tertiary/aromatic N) is 3. The molecule has 0 aliphatic rings. The first-order valence-corrected chi connectivity index (χ1v) is 12.2. The van der Waals surface area contributed by atoms with Crippen molar-refractivity contribution in [2.45, 2.75) is 25.3 Å². The molecule has 0 saturated carbocycles. The number of aliphatic imine (C=N–C) groups is 1. The van der Waals surface area contributed by atoms with Gasteiger partial charge in [-0.3, -0.25) is 0 Å². The van der Waals surface area contributed by atoms with E-state index in [2.05, 4.69) is 15.3 Å². The second-order valence-corrected chi connectivity index (χ2v) is 10.2. The summed E-state index contributed by atoms with van der Waals surface area (Å²) in [4.78, 5) is 10.2. The van der Waals surface area contributed by atoms with E-state index in [-0.39, 0.29) is 10.9 Å². The lowest BCUT2D eigenvalue weighted by Crippen LogP contribution is -2.22. The van der Waals surface area contributed by atoms with Crippen LogP contribution in [0.4, 0.5) is 5.13 Å². The quantitative estimate of drug-likeness (QED) is 0.325. The molecule has 2 heterocycles. The van der Waals surface area contributed by atoms with Gasteiger partial charge in [-0.1, -0.05) is 48.5 Å². The minimum absolute atomic E-state index is 0.241. The fraction of sp³-hybridized carbons (Fsp3) is 0.130. The van der Waals surface area contributed by atoms with Gasteiger partial charge in [-0.2, -0.15) is 0 Å². The van der Waals surface area contributed by atoms with Crippen LogP contribution in [-0.2, 0) is 16.6 Å². The number of aryl methyl sites for hydroxylation is 1. The summed E-state index contributed by atoms with van der Waals surface area (Å²) in [6.07, 6.45) is 1.56. The average molecular weight is 466 g/mol. The van der Waals surface area contributed by atoms with E-state index in [0.29, 0.717) is 23.1 Å².